The zero-order chi connectivity index (χ0) is 19.5. The summed E-state index contributed by atoms with van der Waals surface area (Å²) in [7, 11) is 0. The van der Waals surface area contributed by atoms with Crippen LogP contribution in [0.5, 0.6) is 0 Å². The molecule has 0 bridgehead atoms. The van der Waals surface area contributed by atoms with Gasteiger partial charge >= 0.3 is 0 Å². The van der Waals surface area contributed by atoms with Crippen LogP contribution in [0.4, 0.5) is 4.39 Å². The Kier molecular flexibility index (Phi) is 5.02. The van der Waals surface area contributed by atoms with Crippen molar-refractivity contribution in [2.45, 2.75) is 19.4 Å². The fourth-order valence-electron chi connectivity index (χ4n) is 2.61. The lowest BCUT2D eigenvalue weighted by Gasteiger charge is -2.09. The highest BCUT2D eigenvalue weighted by molar-refractivity contribution is 8.18. The SMILES string of the molecule is CCc1ccc(/C=C2\SC(=N[C@H](c3ccc(F)cc3)c3nn[nH]n3)NC2=O)o1. The largest absolute Gasteiger partial charge is 0.462 e. The van der Waals surface area contributed by atoms with E-state index in [9.17, 15) is 9.18 Å². The van der Waals surface area contributed by atoms with Crippen LogP contribution < -0.4 is 5.32 Å². The predicted molar refractivity (Wildman–Crippen MR) is 102 cm³/mol. The number of nitrogens with one attached hydrogen (secondary N) is 2. The maximum absolute atomic E-state index is 13.3. The van der Waals surface area contributed by atoms with E-state index in [0.717, 1.165) is 12.2 Å². The number of aromatic nitrogens is 4. The summed E-state index contributed by atoms with van der Waals surface area (Å²) in [5.41, 5.74) is 0.668. The van der Waals surface area contributed by atoms with E-state index in [2.05, 4.69) is 30.9 Å². The average molecular weight is 398 g/mol. The van der Waals surface area contributed by atoms with Gasteiger partial charge in [0.25, 0.3) is 5.91 Å². The third-order valence-electron chi connectivity index (χ3n) is 3.99. The molecule has 2 aromatic heterocycles. The Morgan fingerprint density at radius 2 is 2.11 bits per heavy atom. The summed E-state index contributed by atoms with van der Waals surface area (Å²) < 4.78 is 18.9. The Morgan fingerprint density at radius 3 is 2.79 bits per heavy atom. The number of hydrogen-bond donors (Lipinski definition) is 2. The molecule has 1 aromatic carbocycles. The molecule has 3 heterocycles. The van der Waals surface area contributed by atoms with Gasteiger partial charge in [0.05, 0.1) is 4.91 Å². The monoisotopic (exact) mass is 398 g/mol. The lowest BCUT2D eigenvalue weighted by molar-refractivity contribution is -0.115. The number of benzene rings is 1. The van der Waals surface area contributed by atoms with Crippen LogP contribution in [0.1, 0.15) is 35.9 Å². The molecule has 4 rings (SSSR count). The standard InChI is InChI=1S/C18H15FN6O2S/c1-2-12-7-8-13(27-12)9-14-17(26)21-18(28-14)20-15(16-22-24-25-23-16)10-3-5-11(19)6-4-10/h3-9,15H,2H2,1H3,(H,20,21,26)(H,22,23,24,25)/b14-9-/t15-/m1/s1. The third kappa shape index (κ3) is 3.86. The number of amides is 1. The van der Waals surface area contributed by atoms with Crippen molar-refractivity contribution in [3.8, 4) is 0 Å². The highest BCUT2D eigenvalue weighted by Crippen LogP contribution is 2.30. The van der Waals surface area contributed by atoms with Crippen LogP contribution >= 0.6 is 11.8 Å². The smallest absolute Gasteiger partial charge is 0.264 e. The first-order valence-corrected chi connectivity index (χ1v) is 9.30. The summed E-state index contributed by atoms with van der Waals surface area (Å²) in [6.07, 6.45) is 2.45. The van der Waals surface area contributed by atoms with E-state index in [1.54, 1.807) is 18.2 Å². The van der Waals surface area contributed by atoms with Gasteiger partial charge in [-0.05, 0) is 41.6 Å². The number of nitrogens with zero attached hydrogens (tertiary/aromatic N) is 4. The fourth-order valence-corrected chi connectivity index (χ4v) is 3.44. The van der Waals surface area contributed by atoms with Crippen LogP contribution in [0.2, 0.25) is 0 Å². The molecule has 0 aliphatic carbocycles. The molecule has 10 heteroatoms. The van der Waals surface area contributed by atoms with E-state index < -0.39 is 6.04 Å². The minimum Gasteiger partial charge on any atom is -0.462 e. The van der Waals surface area contributed by atoms with Gasteiger partial charge in [0.2, 0.25) is 5.82 Å². The second-order valence-corrected chi connectivity index (χ2v) is 6.91. The minimum absolute atomic E-state index is 0.274. The molecule has 142 valence electrons. The zero-order valence-corrected chi connectivity index (χ0v) is 15.5. The van der Waals surface area contributed by atoms with Crippen LogP contribution in [0.3, 0.4) is 0 Å². The molecular formula is C18H15FN6O2S. The van der Waals surface area contributed by atoms with Crippen molar-refractivity contribution < 1.29 is 13.6 Å². The summed E-state index contributed by atoms with van der Waals surface area (Å²) in [5.74, 6) is 1.12. The van der Waals surface area contributed by atoms with E-state index >= 15 is 0 Å². The molecule has 1 aliphatic heterocycles. The van der Waals surface area contributed by atoms with Gasteiger partial charge in [0.15, 0.2) is 5.17 Å². The normalized spacial score (nSPS) is 18.0. The first-order valence-electron chi connectivity index (χ1n) is 8.48. The van der Waals surface area contributed by atoms with E-state index in [1.807, 2.05) is 19.1 Å². The minimum atomic E-state index is -0.642. The molecule has 1 amide bonds. The van der Waals surface area contributed by atoms with Crippen molar-refractivity contribution >= 4 is 28.9 Å². The van der Waals surface area contributed by atoms with Gasteiger partial charge in [-0.1, -0.05) is 24.3 Å². The molecule has 8 nitrogen and oxygen atoms in total. The maximum Gasteiger partial charge on any atom is 0.264 e. The summed E-state index contributed by atoms with van der Waals surface area (Å²) in [4.78, 5) is 17.3. The Morgan fingerprint density at radius 1 is 1.29 bits per heavy atom. The highest BCUT2D eigenvalue weighted by Gasteiger charge is 2.27. The van der Waals surface area contributed by atoms with Gasteiger partial charge in [-0.2, -0.15) is 5.21 Å². The number of carbonyl (C=O) groups is 1. The molecule has 0 unspecified atom stereocenters. The Bertz CT molecular complexity index is 1040. The van der Waals surface area contributed by atoms with Gasteiger partial charge < -0.3 is 9.73 Å². The first-order chi connectivity index (χ1) is 13.6. The van der Waals surface area contributed by atoms with Crippen molar-refractivity contribution in [2.24, 2.45) is 4.99 Å². The van der Waals surface area contributed by atoms with Crippen molar-refractivity contribution in [1.82, 2.24) is 25.9 Å². The fraction of sp³-hybridized carbons (Fsp3) is 0.167. The molecule has 0 saturated carbocycles. The van der Waals surface area contributed by atoms with Gasteiger partial charge in [-0.25, -0.2) is 9.38 Å². The van der Waals surface area contributed by atoms with Crippen molar-refractivity contribution in [2.75, 3.05) is 0 Å². The quantitative estimate of drug-likeness (QED) is 0.640. The zero-order valence-electron chi connectivity index (χ0n) is 14.7. The summed E-state index contributed by atoms with van der Waals surface area (Å²) >= 11 is 1.18. The van der Waals surface area contributed by atoms with Crippen LogP contribution in [0.25, 0.3) is 6.08 Å². The summed E-state index contributed by atoms with van der Waals surface area (Å²) in [6, 6.07) is 8.89. The Balaban J connectivity index is 1.62. The number of furan rings is 1. The van der Waals surface area contributed by atoms with Crippen LogP contribution in [-0.2, 0) is 11.2 Å². The number of tetrazole rings is 1. The number of H-pyrrole nitrogens is 1. The Labute approximate surface area is 163 Å². The van der Waals surface area contributed by atoms with Crippen molar-refractivity contribution in [3.63, 3.8) is 0 Å². The molecule has 1 fully saturated rings. The lowest BCUT2D eigenvalue weighted by atomic mass is 10.1. The highest BCUT2D eigenvalue weighted by atomic mass is 32.2. The van der Waals surface area contributed by atoms with Gasteiger partial charge in [-0.15, -0.1) is 10.2 Å². The molecule has 2 N–H and O–H groups in total. The topological polar surface area (TPSA) is 109 Å². The summed E-state index contributed by atoms with van der Waals surface area (Å²) in [6.45, 7) is 1.99. The predicted octanol–water partition coefficient (Wildman–Crippen LogP) is 2.84. The number of thioether (sulfide) groups is 1. The van der Waals surface area contributed by atoms with E-state index in [-0.39, 0.29) is 11.7 Å². The Hall–Kier alpha value is -3.27. The van der Waals surface area contributed by atoms with Crippen molar-refractivity contribution in [3.05, 3.63) is 70.0 Å². The van der Waals surface area contributed by atoms with E-state index in [0.29, 0.717) is 27.2 Å². The van der Waals surface area contributed by atoms with Gasteiger partial charge in [-0.3, -0.25) is 4.79 Å². The second kappa shape index (κ2) is 7.77. The van der Waals surface area contributed by atoms with Crippen LogP contribution in [0.15, 0.2) is 50.7 Å². The third-order valence-corrected chi connectivity index (χ3v) is 4.92. The number of halogens is 1. The summed E-state index contributed by atoms with van der Waals surface area (Å²) in [5, 5.41) is 17.0. The maximum atomic E-state index is 13.3. The van der Waals surface area contributed by atoms with Gasteiger partial charge in [0, 0.05) is 12.5 Å². The molecule has 1 saturated heterocycles. The molecule has 0 spiro atoms. The number of rotatable bonds is 5. The van der Waals surface area contributed by atoms with Crippen LogP contribution in [-0.4, -0.2) is 31.7 Å². The molecule has 28 heavy (non-hydrogen) atoms. The molecule has 1 aliphatic rings. The average Bonchev–Trinajstić information content (AvgIpc) is 3.43. The van der Waals surface area contributed by atoms with E-state index in [1.165, 1.54) is 23.9 Å². The molecule has 0 radical (unpaired) electrons. The number of carbonyl (C=O) groups excluding carboxylic acids is 1. The number of aliphatic imine (C=N–C) groups is 1. The first kappa shape index (κ1) is 18.1. The molecular weight excluding hydrogens is 383 g/mol. The number of aromatic amines is 1. The molecule has 3 aromatic rings. The number of aryl methyl sites for hydroxylation is 1. The number of amidine groups is 1. The van der Waals surface area contributed by atoms with Gasteiger partial charge in [0.1, 0.15) is 23.4 Å². The molecule has 1 atom stereocenters. The number of hydrogen-bond acceptors (Lipinski definition) is 7. The van der Waals surface area contributed by atoms with Crippen molar-refractivity contribution in [1.29, 1.82) is 0 Å². The second-order valence-electron chi connectivity index (χ2n) is 5.88. The van der Waals surface area contributed by atoms with Crippen LogP contribution in [0, 0.1) is 5.82 Å². The lowest BCUT2D eigenvalue weighted by Crippen LogP contribution is -2.20. The van der Waals surface area contributed by atoms with E-state index in [4.69, 9.17) is 4.42 Å².